The average molecular weight is 348 g/mol. The molecular weight excluding hydrogens is 328 g/mol. The molecule has 2 aromatic rings. The molecule has 0 aliphatic carbocycles. The average Bonchev–Trinajstić information content (AvgIpc) is 2.54. The van der Waals surface area contributed by atoms with Crippen LogP contribution in [0.15, 0.2) is 41.3 Å². The molecule has 1 unspecified atom stereocenters. The number of fused-ring (bicyclic) bond motifs is 1. The third kappa shape index (κ3) is 3.55. The Morgan fingerprint density at radius 2 is 1.67 bits per heavy atom. The summed E-state index contributed by atoms with van der Waals surface area (Å²) in [7, 11) is -3.80. The van der Waals surface area contributed by atoms with Gasteiger partial charge in [-0.05, 0) is 56.2 Å². The molecule has 0 amide bonds. The summed E-state index contributed by atoms with van der Waals surface area (Å²) in [6.07, 6.45) is -0.472. The Morgan fingerprint density at radius 1 is 1.04 bits per heavy atom. The van der Waals surface area contributed by atoms with Crippen LogP contribution in [0.2, 0.25) is 0 Å². The first-order chi connectivity index (χ1) is 11.3. The van der Waals surface area contributed by atoms with Gasteiger partial charge in [-0.15, -0.1) is 0 Å². The molecule has 128 valence electrons. The van der Waals surface area contributed by atoms with Crippen LogP contribution in [-0.2, 0) is 14.3 Å². The molecule has 1 aliphatic rings. The summed E-state index contributed by atoms with van der Waals surface area (Å²) in [6, 6.07) is 10.3. The summed E-state index contributed by atoms with van der Waals surface area (Å²) in [5.41, 5.74) is 3.19. The standard InChI is InChI=1S/C18H20O5S/c1-12-4-6-16(7-5-12)24(19,20)22-11-15-10-21-17-8-13(2)14(3)9-18(17)23-15/h4-9,15H,10-11H2,1-3H3. The maximum absolute atomic E-state index is 12.2. The quantitative estimate of drug-likeness (QED) is 0.794. The second kappa shape index (κ2) is 6.45. The molecule has 0 N–H and O–H groups in total. The van der Waals surface area contributed by atoms with E-state index in [9.17, 15) is 8.42 Å². The van der Waals surface area contributed by atoms with Gasteiger partial charge in [-0.3, -0.25) is 4.18 Å². The number of rotatable bonds is 4. The monoisotopic (exact) mass is 348 g/mol. The van der Waals surface area contributed by atoms with Crippen molar-refractivity contribution in [3.05, 3.63) is 53.1 Å². The van der Waals surface area contributed by atoms with Crippen molar-refractivity contribution in [2.75, 3.05) is 13.2 Å². The summed E-state index contributed by atoms with van der Waals surface area (Å²) in [5.74, 6) is 1.29. The van der Waals surface area contributed by atoms with Crippen molar-refractivity contribution in [2.24, 2.45) is 0 Å². The first-order valence-corrected chi connectivity index (χ1v) is 9.13. The maximum atomic E-state index is 12.2. The second-order valence-electron chi connectivity index (χ2n) is 5.99. The number of hydrogen-bond donors (Lipinski definition) is 0. The lowest BCUT2D eigenvalue weighted by Gasteiger charge is -2.27. The van der Waals surface area contributed by atoms with Crippen molar-refractivity contribution in [3.8, 4) is 11.5 Å². The van der Waals surface area contributed by atoms with Gasteiger partial charge >= 0.3 is 0 Å². The molecule has 2 aromatic carbocycles. The van der Waals surface area contributed by atoms with Crippen LogP contribution in [0.1, 0.15) is 16.7 Å². The Morgan fingerprint density at radius 3 is 2.33 bits per heavy atom. The van der Waals surface area contributed by atoms with E-state index in [-0.39, 0.29) is 18.1 Å². The molecule has 0 bridgehead atoms. The largest absolute Gasteiger partial charge is 0.486 e. The Bertz CT molecular complexity index is 840. The summed E-state index contributed by atoms with van der Waals surface area (Å²) in [5, 5.41) is 0. The topological polar surface area (TPSA) is 61.8 Å². The molecule has 0 spiro atoms. The summed E-state index contributed by atoms with van der Waals surface area (Å²) >= 11 is 0. The second-order valence-corrected chi connectivity index (χ2v) is 7.60. The van der Waals surface area contributed by atoms with Crippen LogP contribution in [0.4, 0.5) is 0 Å². The minimum Gasteiger partial charge on any atom is -0.486 e. The molecule has 1 aliphatic heterocycles. The van der Waals surface area contributed by atoms with Crippen LogP contribution in [0.3, 0.4) is 0 Å². The summed E-state index contributed by atoms with van der Waals surface area (Å²) in [4.78, 5) is 0.136. The Hall–Kier alpha value is -2.05. The van der Waals surface area contributed by atoms with Gasteiger partial charge in [0, 0.05) is 0 Å². The zero-order valence-electron chi connectivity index (χ0n) is 13.9. The van der Waals surface area contributed by atoms with Gasteiger partial charge in [-0.2, -0.15) is 8.42 Å². The normalized spacial score (nSPS) is 16.9. The van der Waals surface area contributed by atoms with Crippen LogP contribution in [0.25, 0.3) is 0 Å². The minimum atomic E-state index is -3.80. The first-order valence-electron chi connectivity index (χ1n) is 7.72. The Kier molecular flexibility index (Phi) is 4.51. The van der Waals surface area contributed by atoms with Crippen molar-refractivity contribution < 1.29 is 22.1 Å². The van der Waals surface area contributed by atoms with Gasteiger partial charge in [0.1, 0.15) is 13.2 Å². The van der Waals surface area contributed by atoms with Crippen molar-refractivity contribution >= 4 is 10.1 Å². The van der Waals surface area contributed by atoms with E-state index in [4.69, 9.17) is 13.7 Å². The maximum Gasteiger partial charge on any atom is 0.297 e. The lowest BCUT2D eigenvalue weighted by Crippen LogP contribution is -2.34. The van der Waals surface area contributed by atoms with Crippen molar-refractivity contribution in [3.63, 3.8) is 0 Å². The van der Waals surface area contributed by atoms with Crippen LogP contribution in [0, 0.1) is 20.8 Å². The van der Waals surface area contributed by atoms with Crippen molar-refractivity contribution in [2.45, 2.75) is 31.8 Å². The van der Waals surface area contributed by atoms with Crippen LogP contribution < -0.4 is 9.47 Å². The van der Waals surface area contributed by atoms with Gasteiger partial charge in [-0.25, -0.2) is 0 Å². The molecule has 24 heavy (non-hydrogen) atoms. The molecule has 6 heteroatoms. The predicted octanol–water partition coefficient (Wildman–Crippen LogP) is 3.16. The van der Waals surface area contributed by atoms with Gasteiger partial charge in [-0.1, -0.05) is 17.7 Å². The Labute approximate surface area is 142 Å². The fraction of sp³-hybridized carbons (Fsp3) is 0.333. The smallest absolute Gasteiger partial charge is 0.297 e. The van der Waals surface area contributed by atoms with E-state index in [0.29, 0.717) is 11.5 Å². The zero-order chi connectivity index (χ0) is 17.3. The molecule has 0 saturated carbocycles. The van der Waals surface area contributed by atoms with Crippen LogP contribution in [0.5, 0.6) is 11.5 Å². The van der Waals surface area contributed by atoms with Crippen LogP contribution in [-0.4, -0.2) is 27.7 Å². The van der Waals surface area contributed by atoms with Gasteiger partial charge in [0.15, 0.2) is 17.6 Å². The number of aryl methyl sites for hydroxylation is 3. The molecule has 3 rings (SSSR count). The summed E-state index contributed by atoms with van der Waals surface area (Å²) < 4.78 is 41.0. The van der Waals surface area contributed by atoms with E-state index >= 15 is 0 Å². The third-order valence-corrected chi connectivity index (χ3v) is 5.29. The van der Waals surface area contributed by atoms with E-state index < -0.39 is 16.2 Å². The molecule has 0 radical (unpaired) electrons. The fourth-order valence-electron chi connectivity index (χ4n) is 2.38. The lowest BCUT2D eigenvalue weighted by molar-refractivity contribution is 0.0553. The highest BCUT2D eigenvalue weighted by Crippen LogP contribution is 2.34. The van der Waals surface area contributed by atoms with Crippen molar-refractivity contribution in [1.82, 2.24) is 0 Å². The van der Waals surface area contributed by atoms with E-state index in [1.54, 1.807) is 12.1 Å². The van der Waals surface area contributed by atoms with Crippen molar-refractivity contribution in [1.29, 1.82) is 0 Å². The van der Waals surface area contributed by atoms with Gasteiger partial charge in [0.25, 0.3) is 10.1 Å². The fourth-order valence-corrected chi connectivity index (χ4v) is 3.32. The van der Waals surface area contributed by atoms with E-state index in [2.05, 4.69) is 0 Å². The minimum absolute atomic E-state index is 0.0947. The van der Waals surface area contributed by atoms with E-state index in [1.165, 1.54) is 12.1 Å². The number of ether oxygens (including phenoxy) is 2. The van der Waals surface area contributed by atoms with Gasteiger partial charge in [0.05, 0.1) is 4.90 Å². The first kappa shape index (κ1) is 16.8. The molecule has 1 atom stereocenters. The number of benzene rings is 2. The molecule has 0 fully saturated rings. The number of hydrogen-bond acceptors (Lipinski definition) is 5. The summed E-state index contributed by atoms with van der Waals surface area (Å²) in [6.45, 7) is 6.04. The highest BCUT2D eigenvalue weighted by atomic mass is 32.2. The van der Waals surface area contributed by atoms with Gasteiger partial charge < -0.3 is 9.47 Å². The van der Waals surface area contributed by atoms with E-state index in [1.807, 2.05) is 32.9 Å². The molecule has 5 nitrogen and oxygen atoms in total. The highest BCUT2D eigenvalue weighted by Gasteiger charge is 2.25. The third-order valence-electron chi connectivity index (χ3n) is 4.00. The predicted molar refractivity (Wildman–Crippen MR) is 90.1 cm³/mol. The zero-order valence-corrected chi connectivity index (χ0v) is 14.7. The van der Waals surface area contributed by atoms with Gasteiger partial charge in [0.2, 0.25) is 0 Å². The molecule has 0 aromatic heterocycles. The van der Waals surface area contributed by atoms with E-state index in [0.717, 1.165) is 16.7 Å². The lowest BCUT2D eigenvalue weighted by atomic mass is 10.1. The molecular formula is C18H20O5S. The Balaban J connectivity index is 1.67. The molecule has 1 heterocycles. The highest BCUT2D eigenvalue weighted by molar-refractivity contribution is 7.86. The SMILES string of the molecule is Cc1ccc(S(=O)(=O)OCC2COc3cc(C)c(C)cc3O2)cc1. The van der Waals surface area contributed by atoms with Crippen LogP contribution >= 0.6 is 0 Å². The molecule has 0 saturated heterocycles.